The second kappa shape index (κ2) is 4.56. The summed E-state index contributed by atoms with van der Waals surface area (Å²) in [7, 11) is 0. The molecule has 1 heterocycles. The molecule has 0 N–H and O–H groups in total. The van der Waals surface area contributed by atoms with Gasteiger partial charge in [-0.05, 0) is 28.6 Å². The molecule has 0 aliphatic carbocycles. The first-order valence-corrected chi connectivity index (χ1v) is 6.42. The molecule has 0 unspecified atom stereocenters. The SMILES string of the molecule is [c]1ccc(-c2ccsc2-c2ccccc2)cc1. The summed E-state index contributed by atoms with van der Waals surface area (Å²) in [4.78, 5) is 1.33. The van der Waals surface area contributed by atoms with Crippen LogP contribution >= 0.6 is 11.3 Å². The Morgan fingerprint density at radius 3 is 2.29 bits per heavy atom. The van der Waals surface area contributed by atoms with Crippen molar-refractivity contribution in [3.63, 3.8) is 0 Å². The van der Waals surface area contributed by atoms with E-state index in [1.54, 1.807) is 11.3 Å². The van der Waals surface area contributed by atoms with Gasteiger partial charge in [-0.1, -0.05) is 54.6 Å². The molecule has 0 fully saturated rings. The van der Waals surface area contributed by atoms with Gasteiger partial charge in [-0.15, -0.1) is 11.3 Å². The lowest BCUT2D eigenvalue weighted by molar-refractivity contribution is 1.64. The van der Waals surface area contributed by atoms with Gasteiger partial charge in [-0.25, -0.2) is 0 Å². The van der Waals surface area contributed by atoms with Crippen LogP contribution in [-0.2, 0) is 0 Å². The van der Waals surface area contributed by atoms with Crippen LogP contribution in [0.25, 0.3) is 21.6 Å². The normalized spacial score (nSPS) is 10.4. The summed E-state index contributed by atoms with van der Waals surface area (Å²) < 4.78 is 0. The lowest BCUT2D eigenvalue weighted by Crippen LogP contribution is -1.78. The lowest BCUT2D eigenvalue weighted by Gasteiger charge is -2.03. The highest BCUT2D eigenvalue weighted by Crippen LogP contribution is 2.36. The van der Waals surface area contributed by atoms with Crippen LogP contribution in [0.4, 0.5) is 0 Å². The largest absolute Gasteiger partial charge is 0.143 e. The van der Waals surface area contributed by atoms with E-state index in [1.165, 1.54) is 21.6 Å². The van der Waals surface area contributed by atoms with Crippen LogP contribution in [0.5, 0.6) is 0 Å². The smallest absolute Gasteiger partial charge is 0.0421 e. The number of thiophene rings is 1. The van der Waals surface area contributed by atoms with Crippen molar-refractivity contribution in [3.8, 4) is 21.6 Å². The number of hydrogen-bond acceptors (Lipinski definition) is 1. The van der Waals surface area contributed by atoms with E-state index in [0.717, 1.165) is 0 Å². The summed E-state index contributed by atoms with van der Waals surface area (Å²) in [5.74, 6) is 0. The summed E-state index contributed by atoms with van der Waals surface area (Å²) in [6.07, 6.45) is 0. The van der Waals surface area contributed by atoms with Gasteiger partial charge in [-0.3, -0.25) is 0 Å². The van der Waals surface area contributed by atoms with E-state index in [9.17, 15) is 0 Å². The Morgan fingerprint density at radius 1 is 0.765 bits per heavy atom. The van der Waals surface area contributed by atoms with E-state index in [4.69, 9.17) is 0 Å². The van der Waals surface area contributed by atoms with Crippen molar-refractivity contribution in [2.45, 2.75) is 0 Å². The van der Waals surface area contributed by atoms with E-state index >= 15 is 0 Å². The van der Waals surface area contributed by atoms with Crippen molar-refractivity contribution in [1.29, 1.82) is 0 Å². The molecule has 1 aromatic heterocycles. The third-order valence-electron chi connectivity index (χ3n) is 2.73. The molecule has 0 bridgehead atoms. The maximum Gasteiger partial charge on any atom is 0.0421 e. The first kappa shape index (κ1) is 10.3. The highest BCUT2D eigenvalue weighted by molar-refractivity contribution is 7.14. The molecule has 0 nitrogen and oxygen atoms in total. The van der Waals surface area contributed by atoms with Gasteiger partial charge >= 0.3 is 0 Å². The van der Waals surface area contributed by atoms with Crippen LogP contribution < -0.4 is 0 Å². The Labute approximate surface area is 105 Å². The standard InChI is InChI=1S/C16H11S/c1-3-7-13(8-4-1)15-11-12-17-16(15)14-9-5-2-6-10-14/h2-12H. The molecular weight excluding hydrogens is 224 g/mol. The molecule has 17 heavy (non-hydrogen) atoms. The van der Waals surface area contributed by atoms with Gasteiger partial charge < -0.3 is 0 Å². The molecular formula is C16H11S. The Balaban J connectivity index is 2.13. The van der Waals surface area contributed by atoms with Crippen molar-refractivity contribution in [3.05, 3.63) is 72.1 Å². The van der Waals surface area contributed by atoms with Crippen LogP contribution in [0.3, 0.4) is 0 Å². The van der Waals surface area contributed by atoms with Crippen molar-refractivity contribution in [2.75, 3.05) is 0 Å². The van der Waals surface area contributed by atoms with Gasteiger partial charge in [-0.2, -0.15) is 0 Å². The maximum absolute atomic E-state index is 3.06. The first-order valence-electron chi connectivity index (χ1n) is 5.54. The minimum absolute atomic E-state index is 1.25. The quantitative estimate of drug-likeness (QED) is 0.593. The predicted octanol–water partition coefficient (Wildman–Crippen LogP) is 4.88. The molecule has 0 aliphatic heterocycles. The molecule has 0 amide bonds. The Bertz CT molecular complexity index is 540. The van der Waals surface area contributed by atoms with Crippen LogP contribution in [0, 0.1) is 6.07 Å². The average molecular weight is 235 g/mol. The molecule has 1 radical (unpaired) electrons. The highest BCUT2D eigenvalue weighted by atomic mass is 32.1. The highest BCUT2D eigenvalue weighted by Gasteiger charge is 2.07. The summed E-state index contributed by atoms with van der Waals surface area (Å²) >= 11 is 1.79. The molecule has 0 atom stereocenters. The third kappa shape index (κ3) is 2.02. The Kier molecular flexibility index (Phi) is 2.76. The fourth-order valence-electron chi connectivity index (χ4n) is 1.92. The van der Waals surface area contributed by atoms with Gasteiger partial charge in [0.2, 0.25) is 0 Å². The number of benzene rings is 2. The fraction of sp³-hybridized carbons (Fsp3) is 0. The first-order chi connectivity index (χ1) is 8.45. The second-order valence-corrected chi connectivity index (χ2v) is 4.73. The zero-order valence-corrected chi connectivity index (χ0v) is 10.1. The fourth-order valence-corrected chi connectivity index (χ4v) is 2.84. The monoisotopic (exact) mass is 235 g/mol. The molecule has 2 aromatic carbocycles. The van der Waals surface area contributed by atoms with E-state index in [1.807, 2.05) is 18.2 Å². The minimum Gasteiger partial charge on any atom is -0.143 e. The van der Waals surface area contributed by atoms with Crippen molar-refractivity contribution in [2.24, 2.45) is 0 Å². The molecule has 0 spiro atoms. The third-order valence-corrected chi connectivity index (χ3v) is 3.69. The summed E-state index contributed by atoms with van der Waals surface area (Å²) in [5, 5.41) is 2.15. The molecule has 0 saturated heterocycles. The van der Waals surface area contributed by atoms with Gasteiger partial charge in [0.15, 0.2) is 0 Å². The van der Waals surface area contributed by atoms with Crippen molar-refractivity contribution in [1.82, 2.24) is 0 Å². The van der Waals surface area contributed by atoms with E-state index in [-0.39, 0.29) is 0 Å². The molecule has 81 valence electrons. The van der Waals surface area contributed by atoms with Crippen LogP contribution in [-0.4, -0.2) is 0 Å². The molecule has 3 rings (SSSR count). The van der Waals surface area contributed by atoms with Gasteiger partial charge in [0.25, 0.3) is 0 Å². The molecule has 1 heteroatoms. The van der Waals surface area contributed by atoms with Crippen LogP contribution in [0.15, 0.2) is 66.0 Å². The summed E-state index contributed by atoms with van der Waals surface area (Å²) in [5.41, 5.74) is 3.84. The van der Waals surface area contributed by atoms with Gasteiger partial charge in [0, 0.05) is 10.4 Å². The van der Waals surface area contributed by atoms with Gasteiger partial charge in [0.1, 0.15) is 0 Å². The van der Waals surface area contributed by atoms with E-state index in [2.05, 4.69) is 53.9 Å². The topological polar surface area (TPSA) is 0 Å². The number of hydrogen-bond donors (Lipinski definition) is 0. The average Bonchev–Trinajstić information content (AvgIpc) is 2.90. The lowest BCUT2D eigenvalue weighted by atomic mass is 10.0. The zero-order valence-electron chi connectivity index (χ0n) is 9.26. The minimum atomic E-state index is 1.25. The summed E-state index contributed by atoms with van der Waals surface area (Å²) in [6.45, 7) is 0. The molecule has 3 aromatic rings. The van der Waals surface area contributed by atoms with Crippen LogP contribution in [0.1, 0.15) is 0 Å². The van der Waals surface area contributed by atoms with E-state index in [0.29, 0.717) is 0 Å². The Morgan fingerprint density at radius 2 is 1.53 bits per heavy atom. The molecule has 0 saturated carbocycles. The van der Waals surface area contributed by atoms with Crippen molar-refractivity contribution < 1.29 is 0 Å². The van der Waals surface area contributed by atoms with E-state index < -0.39 is 0 Å². The predicted molar refractivity (Wildman–Crippen MR) is 74.0 cm³/mol. The summed E-state index contributed by atoms with van der Waals surface area (Å²) in [6, 6.07) is 23.9. The maximum atomic E-state index is 3.06. The molecule has 0 aliphatic rings. The zero-order chi connectivity index (χ0) is 11.5. The van der Waals surface area contributed by atoms with Crippen LogP contribution in [0.2, 0.25) is 0 Å². The second-order valence-electron chi connectivity index (χ2n) is 3.82. The van der Waals surface area contributed by atoms with Gasteiger partial charge in [0.05, 0.1) is 0 Å². The Hall–Kier alpha value is -1.86. The van der Waals surface area contributed by atoms with Crippen molar-refractivity contribution >= 4 is 11.3 Å². The number of rotatable bonds is 2.